The quantitative estimate of drug-likeness (QED) is 0.699. The number of sulfone groups is 1. The molecule has 4 nitrogen and oxygen atoms in total. The Morgan fingerprint density at radius 3 is 2.43 bits per heavy atom. The summed E-state index contributed by atoms with van der Waals surface area (Å²) in [7, 11) is -3.17. The van der Waals surface area contributed by atoms with Gasteiger partial charge in [0.25, 0.3) is 0 Å². The Balaban J connectivity index is 2.08. The van der Waals surface area contributed by atoms with E-state index >= 15 is 0 Å². The highest BCUT2D eigenvalue weighted by molar-refractivity contribution is 9.10. The summed E-state index contributed by atoms with van der Waals surface area (Å²) in [6.45, 7) is 2.01. The van der Waals surface area contributed by atoms with Crippen LogP contribution < -0.4 is 0 Å². The van der Waals surface area contributed by atoms with Gasteiger partial charge >= 0.3 is 0 Å². The summed E-state index contributed by atoms with van der Waals surface area (Å²) in [6.07, 6.45) is 5.09. The lowest BCUT2D eigenvalue weighted by Crippen LogP contribution is -1.96. The Hall–Kier alpha value is -1.66. The third kappa shape index (κ3) is 2.73. The van der Waals surface area contributed by atoms with E-state index in [1.54, 1.807) is 24.3 Å². The van der Waals surface area contributed by atoms with Crippen molar-refractivity contribution in [2.24, 2.45) is 0 Å². The zero-order valence-corrected chi connectivity index (χ0v) is 13.9. The highest BCUT2D eigenvalue weighted by atomic mass is 79.9. The molecule has 2 aromatic heterocycles. The fourth-order valence-electron chi connectivity index (χ4n) is 2.12. The van der Waals surface area contributed by atoms with Gasteiger partial charge in [-0.1, -0.05) is 12.1 Å². The van der Waals surface area contributed by atoms with E-state index < -0.39 is 9.84 Å². The normalized spacial score (nSPS) is 12.0. The highest BCUT2D eigenvalue weighted by Gasteiger charge is 2.09. The second kappa shape index (κ2) is 4.96. The monoisotopic (exact) mass is 364 g/mol. The van der Waals surface area contributed by atoms with E-state index in [4.69, 9.17) is 0 Å². The molecule has 0 amide bonds. The van der Waals surface area contributed by atoms with Gasteiger partial charge in [-0.25, -0.2) is 13.4 Å². The van der Waals surface area contributed by atoms with Crippen molar-refractivity contribution < 1.29 is 8.42 Å². The molecular weight excluding hydrogens is 352 g/mol. The first-order valence-electron chi connectivity index (χ1n) is 6.30. The van der Waals surface area contributed by atoms with Crippen LogP contribution in [0, 0.1) is 6.92 Å². The molecule has 0 unspecified atom stereocenters. The SMILES string of the molecule is Cc1cc2nc(-c3ccc(S(C)(=O)=O)cc3)cn2cc1Br. The summed E-state index contributed by atoms with van der Waals surface area (Å²) in [5, 5.41) is 0. The minimum Gasteiger partial charge on any atom is -0.305 e. The number of nitrogens with zero attached hydrogens (tertiary/aromatic N) is 2. The minimum atomic E-state index is -3.17. The number of rotatable bonds is 2. The minimum absolute atomic E-state index is 0.314. The summed E-state index contributed by atoms with van der Waals surface area (Å²) >= 11 is 3.50. The summed E-state index contributed by atoms with van der Waals surface area (Å²) in [5.74, 6) is 0. The summed E-state index contributed by atoms with van der Waals surface area (Å²) < 4.78 is 25.9. The maximum absolute atomic E-state index is 11.5. The second-order valence-corrected chi connectivity index (χ2v) is 7.86. The average molecular weight is 365 g/mol. The lowest BCUT2D eigenvalue weighted by molar-refractivity contribution is 0.602. The van der Waals surface area contributed by atoms with E-state index in [9.17, 15) is 8.42 Å². The molecule has 0 saturated carbocycles. The molecule has 3 rings (SSSR count). The number of hydrogen-bond donors (Lipinski definition) is 0. The molecule has 0 spiro atoms. The van der Waals surface area contributed by atoms with Gasteiger partial charge in [0.15, 0.2) is 9.84 Å². The molecule has 21 heavy (non-hydrogen) atoms. The third-order valence-electron chi connectivity index (χ3n) is 3.31. The number of halogens is 1. The van der Waals surface area contributed by atoms with E-state index in [0.717, 1.165) is 26.9 Å². The smallest absolute Gasteiger partial charge is 0.175 e. The van der Waals surface area contributed by atoms with Crippen molar-refractivity contribution in [3.8, 4) is 11.3 Å². The molecule has 0 bridgehead atoms. The molecule has 0 N–H and O–H groups in total. The standard InChI is InChI=1S/C15H13BrN2O2S/c1-10-7-15-17-14(9-18(15)8-13(10)16)11-3-5-12(6-4-11)21(2,19)20/h3-9H,1-2H3. The molecule has 108 valence electrons. The molecule has 6 heteroatoms. The summed E-state index contributed by atoms with van der Waals surface area (Å²) in [5.41, 5.74) is 3.68. The molecule has 0 aliphatic rings. The molecule has 0 fully saturated rings. The van der Waals surface area contributed by atoms with Gasteiger partial charge < -0.3 is 4.40 Å². The molecule has 2 heterocycles. The third-order valence-corrected chi connectivity index (χ3v) is 5.27. The van der Waals surface area contributed by atoms with E-state index in [0.29, 0.717) is 4.90 Å². The van der Waals surface area contributed by atoms with Crippen LogP contribution >= 0.6 is 15.9 Å². The van der Waals surface area contributed by atoms with E-state index in [-0.39, 0.29) is 0 Å². The van der Waals surface area contributed by atoms with E-state index in [1.165, 1.54) is 6.26 Å². The van der Waals surface area contributed by atoms with Gasteiger partial charge in [-0.05, 0) is 46.6 Å². The van der Waals surface area contributed by atoms with E-state index in [1.807, 2.05) is 29.8 Å². The van der Waals surface area contributed by atoms with Crippen molar-refractivity contribution in [1.82, 2.24) is 9.38 Å². The summed E-state index contributed by atoms with van der Waals surface area (Å²) in [4.78, 5) is 4.88. The van der Waals surface area contributed by atoms with Crippen molar-refractivity contribution in [2.75, 3.05) is 6.26 Å². The maximum atomic E-state index is 11.5. The number of hydrogen-bond acceptors (Lipinski definition) is 3. The Kier molecular flexibility index (Phi) is 3.37. The van der Waals surface area contributed by atoms with Crippen molar-refractivity contribution in [3.63, 3.8) is 0 Å². The fraction of sp³-hybridized carbons (Fsp3) is 0.133. The molecule has 0 atom stereocenters. The van der Waals surface area contributed by atoms with Crippen molar-refractivity contribution in [2.45, 2.75) is 11.8 Å². The zero-order chi connectivity index (χ0) is 15.2. The molecule has 1 aromatic carbocycles. The fourth-order valence-corrected chi connectivity index (χ4v) is 3.08. The van der Waals surface area contributed by atoms with Gasteiger partial charge in [0.2, 0.25) is 0 Å². The van der Waals surface area contributed by atoms with Crippen LogP contribution in [-0.2, 0) is 9.84 Å². The number of imidazole rings is 1. The van der Waals surface area contributed by atoms with Crippen molar-refractivity contribution >= 4 is 31.4 Å². The van der Waals surface area contributed by atoms with E-state index in [2.05, 4.69) is 20.9 Å². The van der Waals surface area contributed by atoms with Gasteiger partial charge in [0.1, 0.15) is 5.65 Å². The molecule has 0 aliphatic heterocycles. The summed E-state index contributed by atoms with van der Waals surface area (Å²) in [6, 6.07) is 8.77. The number of benzene rings is 1. The van der Waals surface area contributed by atoms with Crippen LogP contribution in [0.25, 0.3) is 16.9 Å². The molecule has 0 saturated heterocycles. The second-order valence-electron chi connectivity index (χ2n) is 4.99. The highest BCUT2D eigenvalue weighted by Crippen LogP contribution is 2.24. The van der Waals surface area contributed by atoms with Gasteiger partial charge in [-0.15, -0.1) is 0 Å². The number of aryl methyl sites for hydroxylation is 1. The Labute approximate surface area is 131 Å². The maximum Gasteiger partial charge on any atom is 0.175 e. The van der Waals surface area contributed by atoms with Gasteiger partial charge in [0, 0.05) is 28.7 Å². The molecule has 3 aromatic rings. The van der Waals surface area contributed by atoms with Crippen LogP contribution in [0.5, 0.6) is 0 Å². The molecular formula is C15H13BrN2O2S. The first-order valence-corrected chi connectivity index (χ1v) is 8.98. The first kappa shape index (κ1) is 14.3. The van der Waals surface area contributed by atoms with Gasteiger partial charge in [-0.2, -0.15) is 0 Å². The Bertz CT molecular complexity index is 889. The predicted octanol–water partition coefficient (Wildman–Crippen LogP) is 3.48. The average Bonchev–Trinajstić information content (AvgIpc) is 2.81. The van der Waals surface area contributed by atoms with Gasteiger partial charge in [-0.3, -0.25) is 0 Å². The first-order chi connectivity index (χ1) is 9.84. The molecule has 0 radical (unpaired) electrons. The van der Waals surface area contributed by atoms with Crippen LogP contribution in [0.1, 0.15) is 5.56 Å². The zero-order valence-electron chi connectivity index (χ0n) is 11.5. The number of pyridine rings is 1. The molecule has 0 aliphatic carbocycles. The van der Waals surface area contributed by atoms with Crippen molar-refractivity contribution in [3.05, 3.63) is 52.8 Å². The van der Waals surface area contributed by atoms with Crippen molar-refractivity contribution in [1.29, 1.82) is 0 Å². The van der Waals surface area contributed by atoms with Crippen LogP contribution in [-0.4, -0.2) is 24.1 Å². The predicted molar refractivity (Wildman–Crippen MR) is 86.2 cm³/mol. The Morgan fingerprint density at radius 2 is 1.81 bits per heavy atom. The van der Waals surface area contributed by atoms with Crippen LogP contribution in [0.3, 0.4) is 0 Å². The Morgan fingerprint density at radius 1 is 1.14 bits per heavy atom. The topological polar surface area (TPSA) is 51.4 Å². The number of fused-ring (bicyclic) bond motifs is 1. The van der Waals surface area contributed by atoms with Crippen LogP contribution in [0.15, 0.2) is 52.1 Å². The lowest BCUT2D eigenvalue weighted by Gasteiger charge is -1.99. The van der Waals surface area contributed by atoms with Gasteiger partial charge in [0.05, 0.1) is 10.6 Å². The largest absolute Gasteiger partial charge is 0.305 e. The van der Waals surface area contributed by atoms with Crippen LogP contribution in [0.4, 0.5) is 0 Å². The number of aromatic nitrogens is 2. The van der Waals surface area contributed by atoms with Crippen LogP contribution in [0.2, 0.25) is 0 Å². The lowest BCUT2D eigenvalue weighted by atomic mass is 10.2.